The van der Waals surface area contributed by atoms with Crippen LogP contribution in [0, 0.1) is 11.7 Å². The summed E-state index contributed by atoms with van der Waals surface area (Å²) in [4.78, 5) is 0. The van der Waals surface area contributed by atoms with E-state index in [1.165, 1.54) is 6.07 Å². The minimum atomic E-state index is -0.331. The van der Waals surface area contributed by atoms with Crippen LogP contribution in [0.5, 0.6) is 0 Å². The number of benzene rings is 1. The molecule has 5 heteroatoms. The second-order valence-electron chi connectivity index (χ2n) is 3.93. The third kappa shape index (κ3) is 2.35. The predicted molar refractivity (Wildman–Crippen MR) is 60.4 cm³/mol. The van der Waals surface area contributed by atoms with Crippen molar-refractivity contribution in [2.45, 2.75) is 12.5 Å². The van der Waals surface area contributed by atoms with Crippen LogP contribution in [0.3, 0.4) is 0 Å². The number of hydrogen-bond acceptors (Lipinski definition) is 3. The molecule has 0 bridgehead atoms. The lowest BCUT2D eigenvalue weighted by atomic mass is 9.92. The smallest absolute Gasteiger partial charge is 0.129 e. The molecular weight excluding hydrogens is 231 g/mol. The summed E-state index contributed by atoms with van der Waals surface area (Å²) in [6.07, 6.45) is 0.886. The Bertz CT molecular complexity index is 369. The summed E-state index contributed by atoms with van der Waals surface area (Å²) in [7, 11) is 0. The first kappa shape index (κ1) is 11.8. The average molecular weight is 245 g/mol. The van der Waals surface area contributed by atoms with E-state index in [9.17, 15) is 4.39 Å². The number of hydrogen-bond donors (Lipinski definition) is 2. The Hall–Kier alpha value is -0.680. The number of nitrogens with two attached hydrogens (primary N) is 1. The molecular formula is C11H14ClFN2O. The Morgan fingerprint density at radius 1 is 1.56 bits per heavy atom. The predicted octanol–water partition coefficient (Wildman–Crippen LogP) is 2.02. The van der Waals surface area contributed by atoms with Crippen LogP contribution < -0.4 is 11.3 Å². The maximum Gasteiger partial charge on any atom is 0.129 e. The van der Waals surface area contributed by atoms with Crippen molar-refractivity contribution in [3.05, 3.63) is 34.6 Å². The fourth-order valence-corrected chi connectivity index (χ4v) is 2.21. The lowest BCUT2D eigenvalue weighted by Crippen LogP contribution is -2.34. The molecule has 0 spiro atoms. The SMILES string of the molecule is NNC(c1ccc(Cl)cc1F)C1CCOC1. The van der Waals surface area contributed by atoms with Crippen molar-refractivity contribution in [1.29, 1.82) is 0 Å². The van der Waals surface area contributed by atoms with Crippen LogP contribution in [0.25, 0.3) is 0 Å². The molecule has 0 aromatic heterocycles. The summed E-state index contributed by atoms with van der Waals surface area (Å²) >= 11 is 5.71. The zero-order chi connectivity index (χ0) is 11.5. The maximum atomic E-state index is 13.7. The molecule has 1 aromatic carbocycles. The Kier molecular flexibility index (Phi) is 3.76. The Morgan fingerprint density at radius 2 is 2.38 bits per heavy atom. The van der Waals surface area contributed by atoms with Gasteiger partial charge in [-0.2, -0.15) is 0 Å². The summed E-state index contributed by atoms with van der Waals surface area (Å²) < 4.78 is 19.0. The third-order valence-electron chi connectivity index (χ3n) is 2.91. The first-order valence-electron chi connectivity index (χ1n) is 5.21. The summed E-state index contributed by atoms with van der Waals surface area (Å²) in [5.41, 5.74) is 3.20. The van der Waals surface area contributed by atoms with Crippen molar-refractivity contribution < 1.29 is 9.13 Å². The second kappa shape index (κ2) is 5.10. The van der Waals surface area contributed by atoms with E-state index in [1.54, 1.807) is 12.1 Å². The Labute approximate surface area is 98.7 Å². The average Bonchev–Trinajstić information content (AvgIpc) is 2.75. The molecule has 1 fully saturated rings. The monoisotopic (exact) mass is 244 g/mol. The fourth-order valence-electron chi connectivity index (χ4n) is 2.05. The number of hydrazine groups is 1. The highest BCUT2D eigenvalue weighted by Crippen LogP contribution is 2.30. The topological polar surface area (TPSA) is 47.3 Å². The van der Waals surface area contributed by atoms with Gasteiger partial charge in [0, 0.05) is 23.1 Å². The van der Waals surface area contributed by atoms with E-state index in [1.807, 2.05) is 0 Å². The van der Waals surface area contributed by atoms with Crippen molar-refractivity contribution in [2.75, 3.05) is 13.2 Å². The number of ether oxygens (including phenoxy) is 1. The lowest BCUT2D eigenvalue weighted by Gasteiger charge is -2.22. The van der Waals surface area contributed by atoms with Gasteiger partial charge in [-0.15, -0.1) is 0 Å². The third-order valence-corrected chi connectivity index (χ3v) is 3.15. The van der Waals surface area contributed by atoms with E-state index in [4.69, 9.17) is 22.2 Å². The molecule has 0 saturated carbocycles. The van der Waals surface area contributed by atoms with Gasteiger partial charge >= 0.3 is 0 Å². The largest absolute Gasteiger partial charge is 0.381 e. The minimum Gasteiger partial charge on any atom is -0.381 e. The zero-order valence-corrected chi connectivity index (χ0v) is 9.51. The van der Waals surface area contributed by atoms with Crippen molar-refractivity contribution in [3.8, 4) is 0 Å². The van der Waals surface area contributed by atoms with E-state index in [0.29, 0.717) is 23.8 Å². The molecule has 1 aromatic rings. The van der Waals surface area contributed by atoms with Gasteiger partial charge in [0.05, 0.1) is 12.6 Å². The van der Waals surface area contributed by atoms with Gasteiger partial charge in [0.25, 0.3) is 0 Å². The van der Waals surface area contributed by atoms with Crippen LogP contribution in [0.2, 0.25) is 5.02 Å². The van der Waals surface area contributed by atoms with Gasteiger partial charge in [-0.05, 0) is 18.6 Å². The molecule has 3 N–H and O–H groups in total. The molecule has 0 amide bonds. The van der Waals surface area contributed by atoms with E-state index in [2.05, 4.69) is 5.43 Å². The van der Waals surface area contributed by atoms with Crippen LogP contribution in [-0.4, -0.2) is 13.2 Å². The molecule has 1 aliphatic heterocycles. The molecule has 2 rings (SSSR count). The Balaban J connectivity index is 2.25. The first-order valence-corrected chi connectivity index (χ1v) is 5.59. The van der Waals surface area contributed by atoms with Gasteiger partial charge in [-0.1, -0.05) is 17.7 Å². The van der Waals surface area contributed by atoms with E-state index >= 15 is 0 Å². The highest BCUT2D eigenvalue weighted by atomic mass is 35.5. The lowest BCUT2D eigenvalue weighted by molar-refractivity contribution is 0.176. The van der Waals surface area contributed by atoms with E-state index < -0.39 is 0 Å². The molecule has 3 nitrogen and oxygen atoms in total. The van der Waals surface area contributed by atoms with Crippen LogP contribution in [0.15, 0.2) is 18.2 Å². The minimum absolute atomic E-state index is 0.209. The Morgan fingerprint density at radius 3 is 2.94 bits per heavy atom. The summed E-state index contributed by atoms with van der Waals surface area (Å²) in [6.45, 7) is 1.31. The van der Waals surface area contributed by atoms with Crippen molar-refractivity contribution in [2.24, 2.45) is 11.8 Å². The standard InChI is InChI=1S/C11H14ClFN2O/c12-8-1-2-9(10(13)5-8)11(15-14)7-3-4-16-6-7/h1-2,5,7,11,15H,3-4,6,14H2. The normalized spacial score (nSPS) is 22.3. The van der Waals surface area contributed by atoms with Gasteiger partial charge in [-0.3, -0.25) is 11.3 Å². The molecule has 0 radical (unpaired) electrons. The van der Waals surface area contributed by atoms with Crippen molar-refractivity contribution in [1.82, 2.24) is 5.43 Å². The maximum absolute atomic E-state index is 13.7. The molecule has 1 saturated heterocycles. The summed E-state index contributed by atoms with van der Waals surface area (Å²) in [5.74, 6) is 5.36. The molecule has 1 aliphatic rings. The molecule has 88 valence electrons. The van der Waals surface area contributed by atoms with Gasteiger partial charge in [-0.25, -0.2) is 4.39 Å². The van der Waals surface area contributed by atoms with Gasteiger partial charge in [0.1, 0.15) is 5.82 Å². The van der Waals surface area contributed by atoms with Gasteiger partial charge in [0.2, 0.25) is 0 Å². The van der Waals surface area contributed by atoms with Crippen LogP contribution in [-0.2, 0) is 4.74 Å². The van der Waals surface area contributed by atoms with Crippen LogP contribution >= 0.6 is 11.6 Å². The van der Waals surface area contributed by atoms with E-state index in [0.717, 1.165) is 6.42 Å². The highest BCUT2D eigenvalue weighted by molar-refractivity contribution is 6.30. The molecule has 2 unspecified atom stereocenters. The fraction of sp³-hybridized carbons (Fsp3) is 0.455. The summed E-state index contributed by atoms with van der Waals surface area (Å²) in [5, 5.41) is 0.389. The van der Waals surface area contributed by atoms with Crippen molar-refractivity contribution in [3.63, 3.8) is 0 Å². The van der Waals surface area contributed by atoms with Crippen molar-refractivity contribution >= 4 is 11.6 Å². The molecule has 0 aliphatic carbocycles. The molecule has 16 heavy (non-hydrogen) atoms. The highest BCUT2D eigenvalue weighted by Gasteiger charge is 2.28. The molecule has 1 heterocycles. The van der Waals surface area contributed by atoms with Crippen LogP contribution in [0.4, 0.5) is 4.39 Å². The number of rotatable bonds is 3. The number of nitrogens with one attached hydrogen (secondary N) is 1. The van der Waals surface area contributed by atoms with E-state index in [-0.39, 0.29) is 17.8 Å². The quantitative estimate of drug-likeness (QED) is 0.632. The molecule has 2 atom stereocenters. The zero-order valence-electron chi connectivity index (χ0n) is 8.75. The first-order chi connectivity index (χ1) is 7.72. The second-order valence-corrected chi connectivity index (χ2v) is 4.37. The van der Waals surface area contributed by atoms with Gasteiger partial charge in [0.15, 0.2) is 0 Å². The van der Waals surface area contributed by atoms with Crippen LogP contribution in [0.1, 0.15) is 18.0 Å². The summed E-state index contributed by atoms with van der Waals surface area (Å²) in [6, 6.07) is 4.41. The van der Waals surface area contributed by atoms with Gasteiger partial charge < -0.3 is 4.74 Å². The number of halogens is 2.